The van der Waals surface area contributed by atoms with Crippen LogP contribution in [0.2, 0.25) is 0 Å². The average Bonchev–Trinajstić information content (AvgIpc) is 3.69. The number of unbranched alkanes of at least 4 members (excludes halogenated alkanes) is 6. The lowest BCUT2D eigenvalue weighted by molar-refractivity contribution is -0.298. The molecule has 1 aliphatic rings. The highest BCUT2D eigenvalue weighted by Gasteiger charge is 2.46. The van der Waals surface area contributed by atoms with E-state index in [1.165, 1.54) is 38.5 Å². The minimum Gasteiger partial charge on any atom is -0.481 e. The number of carbonyl (C=O) groups excluding carboxylic acids is 2. The Labute approximate surface area is 276 Å². The second-order valence-electron chi connectivity index (χ2n) is 14.6. The van der Waals surface area contributed by atoms with E-state index >= 15 is 0 Å². The van der Waals surface area contributed by atoms with Gasteiger partial charge in [0.25, 0.3) is 0 Å². The van der Waals surface area contributed by atoms with Gasteiger partial charge >= 0.3 is 5.97 Å². The van der Waals surface area contributed by atoms with Crippen LogP contribution in [0, 0.1) is 10.8 Å². The standard InChI is InChI=1S/C38H60N2O6/c1-8-11-12-13-14-15-16-22-38(9-2,10-3)34(44)28-20-23-39-30(28)19-17-18-27(25-31(41)42)32-29(21-24-40-32)33(43)35-36(4,5)26-45-37(6,7)46-35/h20-21,23-24,27,35,39-40H,8-19,22,25-26H2,1-7H3,(H,41,42). The van der Waals surface area contributed by atoms with E-state index in [1.54, 1.807) is 26.1 Å². The van der Waals surface area contributed by atoms with E-state index in [0.717, 1.165) is 36.9 Å². The maximum absolute atomic E-state index is 14.1. The van der Waals surface area contributed by atoms with E-state index in [4.69, 9.17) is 9.47 Å². The Bertz CT molecular complexity index is 1270. The molecule has 2 aromatic heterocycles. The normalized spacial score (nSPS) is 18.4. The second kappa shape index (κ2) is 16.9. The van der Waals surface area contributed by atoms with Crippen LogP contribution in [0.1, 0.15) is 170 Å². The van der Waals surface area contributed by atoms with E-state index in [1.807, 2.05) is 26.1 Å². The predicted octanol–water partition coefficient (Wildman–Crippen LogP) is 9.41. The van der Waals surface area contributed by atoms with Crippen molar-refractivity contribution in [3.05, 3.63) is 47.0 Å². The van der Waals surface area contributed by atoms with Crippen LogP contribution in [0.15, 0.2) is 24.5 Å². The molecule has 2 aromatic rings. The van der Waals surface area contributed by atoms with Gasteiger partial charge < -0.3 is 24.5 Å². The van der Waals surface area contributed by atoms with Gasteiger partial charge in [0.2, 0.25) is 0 Å². The zero-order chi connectivity index (χ0) is 34.0. The monoisotopic (exact) mass is 640 g/mol. The number of carboxylic acid groups (broad SMARTS) is 1. The summed E-state index contributed by atoms with van der Waals surface area (Å²) in [6.45, 7) is 14.4. The first-order valence-corrected chi connectivity index (χ1v) is 17.8. The highest BCUT2D eigenvalue weighted by atomic mass is 16.7. The number of H-pyrrole nitrogens is 2. The van der Waals surface area contributed by atoms with E-state index in [0.29, 0.717) is 37.1 Å². The molecule has 2 unspecified atom stereocenters. The largest absolute Gasteiger partial charge is 0.481 e. The number of carbonyl (C=O) groups is 3. The molecule has 0 saturated carbocycles. The first kappa shape index (κ1) is 37.7. The number of hydrogen-bond acceptors (Lipinski definition) is 5. The van der Waals surface area contributed by atoms with Crippen LogP contribution >= 0.6 is 0 Å². The van der Waals surface area contributed by atoms with Crippen LogP contribution in [-0.4, -0.2) is 51.1 Å². The fourth-order valence-corrected chi connectivity index (χ4v) is 7.05. The molecule has 2 atom stereocenters. The SMILES string of the molecule is CCCCCCCCCC(CC)(CC)C(=O)c1cc[nH]c1CCCC(CC(=O)O)c1[nH]ccc1C(=O)C1OC(C)(C)OCC1(C)C. The molecule has 0 radical (unpaired) electrons. The summed E-state index contributed by atoms with van der Waals surface area (Å²) in [5.74, 6) is -2.14. The number of aromatic amines is 2. The van der Waals surface area contributed by atoms with Gasteiger partial charge in [-0.05, 0) is 64.5 Å². The van der Waals surface area contributed by atoms with Crippen LogP contribution in [0.4, 0.5) is 0 Å². The van der Waals surface area contributed by atoms with Crippen molar-refractivity contribution in [2.75, 3.05) is 6.61 Å². The number of ether oxygens (including phenoxy) is 2. The number of aryl methyl sites for hydroxylation is 1. The molecule has 8 nitrogen and oxygen atoms in total. The van der Waals surface area contributed by atoms with Gasteiger partial charge in [-0.3, -0.25) is 14.4 Å². The molecule has 0 aromatic carbocycles. The molecule has 1 saturated heterocycles. The van der Waals surface area contributed by atoms with Gasteiger partial charge in [0.1, 0.15) is 6.10 Å². The van der Waals surface area contributed by atoms with Crippen LogP contribution in [0.3, 0.4) is 0 Å². The molecule has 0 aliphatic carbocycles. The number of ketones is 2. The fraction of sp³-hybridized carbons (Fsp3) is 0.711. The Kier molecular flexibility index (Phi) is 13.9. The van der Waals surface area contributed by atoms with Gasteiger partial charge in [-0.2, -0.15) is 0 Å². The van der Waals surface area contributed by atoms with Crippen molar-refractivity contribution >= 4 is 17.5 Å². The molecule has 0 spiro atoms. The maximum atomic E-state index is 14.1. The summed E-state index contributed by atoms with van der Waals surface area (Å²) in [7, 11) is 0. The second-order valence-corrected chi connectivity index (χ2v) is 14.6. The molecule has 0 bridgehead atoms. The van der Waals surface area contributed by atoms with Gasteiger partial charge in [0, 0.05) is 51.7 Å². The molecule has 0 amide bonds. The molecule has 1 aliphatic heterocycles. The minimum absolute atomic E-state index is 0.103. The third-order valence-corrected chi connectivity index (χ3v) is 10.2. The maximum Gasteiger partial charge on any atom is 0.304 e. The van der Waals surface area contributed by atoms with E-state index in [2.05, 4.69) is 30.7 Å². The van der Waals surface area contributed by atoms with Crippen molar-refractivity contribution < 1.29 is 29.0 Å². The Hall–Kier alpha value is -2.71. The number of aromatic nitrogens is 2. The van der Waals surface area contributed by atoms with Crippen LogP contribution in [0.25, 0.3) is 0 Å². The predicted molar refractivity (Wildman–Crippen MR) is 182 cm³/mol. The number of Topliss-reactive ketones (excluding diaryl/α,β-unsaturated/α-hetero) is 2. The Morgan fingerprint density at radius 2 is 1.54 bits per heavy atom. The van der Waals surface area contributed by atoms with Gasteiger partial charge in [-0.15, -0.1) is 0 Å². The van der Waals surface area contributed by atoms with Gasteiger partial charge in [-0.1, -0.05) is 79.6 Å². The summed E-state index contributed by atoms with van der Waals surface area (Å²) in [5, 5.41) is 9.81. The van der Waals surface area contributed by atoms with Crippen molar-refractivity contribution in [2.45, 2.75) is 156 Å². The van der Waals surface area contributed by atoms with Crippen molar-refractivity contribution in [3.63, 3.8) is 0 Å². The van der Waals surface area contributed by atoms with Crippen molar-refractivity contribution in [1.82, 2.24) is 9.97 Å². The Morgan fingerprint density at radius 3 is 2.20 bits per heavy atom. The lowest BCUT2D eigenvalue weighted by Gasteiger charge is -2.45. The summed E-state index contributed by atoms with van der Waals surface area (Å²) in [6, 6.07) is 3.65. The quantitative estimate of drug-likeness (QED) is 0.0923. The molecule has 3 N–H and O–H groups in total. The molecule has 46 heavy (non-hydrogen) atoms. The lowest BCUT2D eigenvalue weighted by Crippen LogP contribution is -2.53. The van der Waals surface area contributed by atoms with Crippen LogP contribution < -0.4 is 0 Å². The summed E-state index contributed by atoms with van der Waals surface area (Å²) in [5.41, 5.74) is 1.87. The van der Waals surface area contributed by atoms with Gasteiger partial charge in [0.15, 0.2) is 17.4 Å². The average molecular weight is 641 g/mol. The molecule has 1 fully saturated rings. The van der Waals surface area contributed by atoms with Crippen molar-refractivity contribution in [2.24, 2.45) is 10.8 Å². The topological polar surface area (TPSA) is 121 Å². The van der Waals surface area contributed by atoms with Crippen LogP contribution in [-0.2, 0) is 20.7 Å². The smallest absolute Gasteiger partial charge is 0.304 e. The lowest BCUT2D eigenvalue weighted by atomic mass is 9.72. The summed E-state index contributed by atoms with van der Waals surface area (Å²) >= 11 is 0. The van der Waals surface area contributed by atoms with E-state index in [-0.39, 0.29) is 29.3 Å². The summed E-state index contributed by atoms with van der Waals surface area (Å²) in [6.07, 6.45) is 15.7. The molecule has 8 heteroatoms. The molecule has 258 valence electrons. The zero-order valence-electron chi connectivity index (χ0n) is 29.6. The van der Waals surface area contributed by atoms with E-state index in [9.17, 15) is 19.5 Å². The molecular weight excluding hydrogens is 580 g/mol. The zero-order valence-corrected chi connectivity index (χ0v) is 29.6. The Balaban J connectivity index is 1.70. The van der Waals surface area contributed by atoms with Gasteiger partial charge in [0.05, 0.1) is 13.0 Å². The van der Waals surface area contributed by atoms with Gasteiger partial charge in [-0.25, -0.2) is 0 Å². The summed E-state index contributed by atoms with van der Waals surface area (Å²) in [4.78, 5) is 46.4. The number of nitrogens with one attached hydrogen (secondary N) is 2. The highest BCUT2D eigenvalue weighted by molar-refractivity contribution is 6.02. The van der Waals surface area contributed by atoms with Crippen molar-refractivity contribution in [1.29, 1.82) is 0 Å². The Morgan fingerprint density at radius 1 is 0.913 bits per heavy atom. The highest BCUT2D eigenvalue weighted by Crippen LogP contribution is 2.40. The first-order valence-electron chi connectivity index (χ1n) is 17.8. The van der Waals surface area contributed by atoms with Crippen molar-refractivity contribution in [3.8, 4) is 0 Å². The van der Waals surface area contributed by atoms with E-state index < -0.39 is 23.3 Å². The molecule has 3 heterocycles. The number of rotatable bonds is 21. The fourth-order valence-electron chi connectivity index (χ4n) is 7.05. The third kappa shape index (κ3) is 9.66. The molecule has 3 rings (SSSR count). The molecular formula is C38H60N2O6. The van der Waals surface area contributed by atoms with Crippen LogP contribution in [0.5, 0.6) is 0 Å². The first-order chi connectivity index (χ1) is 21.8. The minimum atomic E-state index is -0.918. The summed E-state index contributed by atoms with van der Waals surface area (Å²) < 4.78 is 11.9. The number of aliphatic carboxylic acids is 1. The number of hydrogen-bond donors (Lipinski definition) is 3. The third-order valence-electron chi connectivity index (χ3n) is 10.2. The number of carboxylic acids is 1.